The molecule has 3 heterocycles. The SMILES string of the molecule is O=C1C[C@@H]2[C@@H](/C=C/[C@@H](O)c3cc4ccccc4s3)[C@H](OC3CCCCO3)C[C@@H]2O1. The van der Waals surface area contributed by atoms with E-state index < -0.39 is 6.10 Å². The van der Waals surface area contributed by atoms with Crippen LogP contribution in [0.15, 0.2) is 42.5 Å². The third-order valence-electron chi connectivity index (χ3n) is 6.27. The summed E-state index contributed by atoms with van der Waals surface area (Å²) in [5.74, 6) is 0.0266. The number of esters is 1. The van der Waals surface area contributed by atoms with Crippen molar-refractivity contribution < 1.29 is 24.1 Å². The Balaban J connectivity index is 1.33. The maximum Gasteiger partial charge on any atom is 0.306 e. The van der Waals surface area contributed by atoms with Crippen molar-refractivity contribution in [3.05, 3.63) is 47.4 Å². The monoisotopic (exact) mass is 414 g/mol. The molecule has 1 aliphatic carbocycles. The number of benzene rings is 1. The van der Waals surface area contributed by atoms with Gasteiger partial charge in [-0.25, -0.2) is 0 Å². The highest BCUT2D eigenvalue weighted by atomic mass is 32.1. The van der Waals surface area contributed by atoms with Gasteiger partial charge < -0.3 is 19.3 Å². The molecule has 1 N–H and O–H groups in total. The van der Waals surface area contributed by atoms with Crippen LogP contribution in [0.25, 0.3) is 10.1 Å². The lowest BCUT2D eigenvalue weighted by molar-refractivity contribution is -0.194. The third-order valence-corrected chi connectivity index (χ3v) is 7.45. The van der Waals surface area contributed by atoms with Crippen molar-refractivity contribution in [2.75, 3.05) is 6.61 Å². The minimum absolute atomic E-state index is 0.0426. The predicted molar refractivity (Wildman–Crippen MR) is 110 cm³/mol. The van der Waals surface area contributed by atoms with E-state index in [9.17, 15) is 9.90 Å². The molecule has 0 amide bonds. The third kappa shape index (κ3) is 3.99. The Morgan fingerprint density at radius 3 is 3.00 bits per heavy atom. The molecule has 0 spiro atoms. The Hall–Kier alpha value is -1.73. The minimum Gasteiger partial charge on any atom is -0.462 e. The van der Waals surface area contributed by atoms with E-state index in [-0.39, 0.29) is 36.3 Å². The average molecular weight is 415 g/mol. The second-order valence-corrected chi connectivity index (χ2v) is 9.31. The summed E-state index contributed by atoms with van der Waals surface area (Å²) in [6.45, 7) is 0.740. The van der Waals surface area contributed by atoms with E-state index in [1.165, 1.54) is 4.70 Å². The van der Waals surface area contributed by atoms with Crippen LogP contribution in [-0.4, -0.2) is 36.2 Å². The topological polar surface area (TPSA) is 65.0 Å². The van der Waals surface area contributed by atoms with Crippen LogP contribution in [0.5, 0.6) is 0 Å². The fourth-order valence-electron chi connectivity index (χ4n) is 4.80. The van der Waals surface area contributed by atoms with Crippen LogP contribution in [0.3, 0.4) is 0 Å². The number of thiophene rings is 1. The first-order valence-corrected chi connectivity index (χ1v) is 11.3. The van der Waals surface area contributed by atoms with Crippen LogP contribution in [-0.2, 0) is 19.0 Å². The molecule has 154 valence electrons. The van der Waals surface area contributed by atoms with Gasteiger partial charge in [0.05, 0.1) is 12.5 Å². The highest BCUT2D eigenvalue weighted by Gasteiger charge is 2.50. The lowest BCUT2D eigenvalue weighted by Crippen LogP contribution is -2.31. The largest absolute Gasteiger partial charge is 0.462 e. The van der Waals surface area contributed by atoms with Crippen molar-refractivity contribution in [1.82, 2.24) is 0 Å². The fourth-order valence-corrected chi connectivity index (χ4v) is 5.83. The summed E-state index contributed by atoms with van der Waals surface area (Å²) in [6.07, 6.45) is 7.12. The number of hydrogen-bond donors (Lipinski definition) is 1. The van der Waals surface area contributed by atoms with Crippen LogP contribution in [0.1, 0.15) is 43.1 Å². The first-order valence-electron chi connectivity index (χ1n) is 10.5. The highest BCUT2D eigenvalue weighted by Crippen LogP contribution is 2.44. The first-order chi connectivity index (χ1) is 14.2. The number of aliphatic hydroxyl groups excluding tert-OH is 1. The highest BCUT2D eigenvalue weighted by molar-refractivity contribution is 7.19. The smallest absolute Gasteiger partial charge is 0.306 e. The van der Waals surface area contributed by atoms with E-state index in [0.717, 1.165) is 36.1 Å². The molecule has 6 heteroatoms. The molecule has 2 saturated heterocycles. The van der Waals surface area contributed by atoms with Gasteiger partial charge in [0.2, 0.25) is 0 Å². The van der Waals surface area contributed by atoms with Crippen LogP contribution < -0.4 is 0 Å². The normalized spacial score (nSPS) is 33.3. The summed E-state index contributed by atoms with van der Waals surface area (Å²) >= 11 is 1.61. The molecule has 1 unspecified atom stereocenters. The molecule has 2 aromatic rings. The number of rotatable bonds is 5. The molecule has 0 bridgehead atoms. The molecule has 6 atom stereocenters. The number of aliphatic hydroxyl groups is 1. The van der Waals surface area contributed by atoms with Crippen molar-refractivity contribution in [3.8, 4) is 0 Å². The summed E-state index contributed by atoms with van der Waals surface area (Å²) in [6, 6.07) is 10.2. The molecule has 1 aromatic carbocycles. The van der Waals surface area contributed by atoms with Gasteiger partial charge in [0.25, 0.3) is 0 Å². The Kier molecular flexibility index (Phi) is 5.43. The van der Waals surface area contributed by atoms with Crippen molar-refractivity contribution in [2.24, 2.45) is 11.8 Å². The molecule has 1 aromatic heterocycles. The summed E-state index contributed by atoms with van der Waals surface area (Å²) in [5.41, 5.74) is 0. The molecule has 29 heavy (non-hydrogen) atoms. The van der Waals surface area contributed by atoms with Gasteiger partial charge >= 0.3 is 5.97 Å². The summed E-state index contributed by atoms with van der Waals surface area (Å²) in [5, 5.41) is 11.9. The van der Waals surface area contributed by atoms with E-state index in [1.54, 1.807) is 11.3 Å². The molecule has 3 fully saturated rings. The van der Waals surface area contributed by atoms with Crippen LogP contribution >= 0.6 is 11.3 Å². The van der Waals surface area contributed by atoms with Crippen molar-refractivity contribution >= 4 is 27.4 Å². The van der Waals surface area contributed by atoms with Gasteiger partial charge in [-0.05, 0) is 36.8 Å². The van der Waals surface area contributed by atoms with Crippen molar-refractivity contribution in [2.45, 2.75) is 56.7 Å². The Labute approximate surface area is 174 Å². The molecule has 5 rings (SSSR count). The van der Waals surface area contributed by atoms with Gasteiger partial charge in [0, 0.05) is 34.4 Å². The fraction of sp³-hybridized carbons (Fsp3) is 0.522. The van der Waals surface area contributed by atoms with Gasteiger partial charge in [0.15, 0.2) is 6.29 Å². The zero-order valence-electron chi connectivity index (χ0n) is 16.2. The molecule has 1 saturated carbocycles. The number of hydrogen-bond acceptors (Lipinski definition) is 6. The number of fused-ring (bicyclic) bond motifs is 2. The Bertz CT molecular complexity index is 867. The van der Waals surface area contributed by atoms with Gasteiger partial charge in [-0.2, -0.15) is 0 Å². The predicted octanol–water partition coefficient (Wildman–Crippen LogP) is 4.35. The molecule has 5 nitrogen and oxygen atoms in total. The maximum absolute atomic E-state index is 11.8. The standard InChI is InChI=1S/C23H26O5S/c24-17(21-11-14-5-1-2-6-20(14)29-21)9-8-15-16-12-22(25)27-19(16)13-18(15)28-23-7-3-4-10-26-23/h1-2,5-6,8-9,11,15-19,23-24H,3-4,7,10,12-13H2/b9-8+/t15-,16-,17-,18-,19+,23?/m1/s1. The zero-order valence-corrected chi connectivity index (χ0v) is 17.1. The molecular weight excluding hydrogens is 388 g/mol. The minimum atomic E-state index is -0.670. The molecule has 0 radical (unpaired) electrons. The van der Waals surface area contributed by atoms with E-state index in [2.05, 4.69) is 12.1 Å². The van der Waals surface area contributed by atoms with Crippen molar-refractivity contribution in [3.63, 3.8) is 0 Å². The van der Waals surface area contributed by atoms with Crippen LogP contribution in [0.4, 0.5) is 0 Å². The van der Waals surface area contributed by atoms with E-state index >= 15 is 0 Å². The zero-order chi connectivity index (χ0) is 19.8. The van der Waals surface area contributed by atoms with E-state index in [4.69, 9.17) is 14.2 Å². The average Bonchev–Trinajstić information content (AvgIpc) is 3.39. The Morgan fingerprint density at radius 2 is 2.17 bits per heavy atom. The van der Waals surface area contributed by atoms with Gasteiger partial charge in [-0.15, -0.1) is 11.3 Å². The number of ether oxygens (including phenoxy) is 3. The number of carbonyl (C=O) groups excluding carboxylic acids is 1. The second kappa shape index (κ2) is 8.19. The second-order valence-electron chi connectivity index (χ2n) is 8.20. The van der Waals surface area contributed by atoms with Crippen LogP contribution in [0, 0.1) is 11.8 Å². The molecular formula is C23H26O5S. The molecule has 3 aliphatic rings. The lowest BCUT2D eigenvalue weighted by Gasteiger charge is -2.28. The van der Waals surface area contributed by atoms with Crippen LogP contribution in [0.2, 0.25) is 0 Å². The van der Waals surface area contributed by atoms with E-state index in [0.29, 0.717) is 12.8 Å². The maximum atomic E-state index is 11.8. The summed E-state index contributed by atoms with van der Waals surface area (Å²) in [4.78, 5) is 12.7. The summed E-state index contributed by atoms with van der Waals surface area (Å²) < 4.78 is 18.7. The Morgan fingerprint density at radius 1 is 1.28 bits per heavy atom. The summed E-state index contributed by atoms with van der Waals surface area (Å²) in [7, 11) is 0. The number of carbonyl (C=O) groups is 1. The van der Waals surface area contributed by atoms with Gasteiger partial charge in [-0.3, -0.25) is 4.79 Å². The van der Waals surface area contributed by atoms with Gasteiger partial charge in [0.1, 0.15) is 12.2 Å². The van der Waals surface area contributed by atoms with Gasteiger partial charge in [-0.1, -0.05) is 30.4 Å². The quantitative estimate of drug-likeness (QED) is 0.582. The lowest BCUT2D eigenvalue weighted by atomic mass is 9.91. The molecule has 2 aliphatic heterocycles. The van der Waals surface area contributed by atoms with E-state index in [1.807, 2.05) is 30.4 Å². The van der Waals surface area contributed by atoms with Crippen molar-refractivity contribution in [1.29, 1.82) is 0 Å². The first kappa shape index (κ1) is 19.2.